The van der Waals surface area contributed by atoms with Gasteiger partial charge in [-0.1, -0.05) is 13.8 Å². The van der Waals surface area contributed by atoms with Crippen LogP contribution >= 0.6 is 0 Å². The monoisotopic (exact) mass is 239 g/mol. The van der Waals surface area contributed by atoms with Crippen LogP contribution in [-0.4, -0.2) is 19.7 Å². The fourth-order valence-corrected chi connectivity index (χ4v) is 2.01. The van der Waals surface area contributed by atoms with E-state index < -0.39 is 0 Å². The molecule has 1 N–H and O–H groups in total. The third-order valence-corrected chi connectivity index (χ3v) is 2.99. The lowest BCUT2D eigenvalue weighted by Gasteiger charge is -2.16. The van der Waals surface area contributed by atoms with Crippen molar-refractivity contribution in [3.63, 3.8) is 0 Å². The predicted molar refractivity (Wildman–Crippen MR) is 69.0 cm³/mol. The third-order valence-electron chi connectivity index (χ3n) is 2.99. The van der Waals surface area contributed by atoms with Gasteiger partial charge in [0, 0.05) is 6.04 Å². The Kier molecular flexibility index (Phi) is 5.98. The molecule has 0 saturated carbocycles. The molecular formula is C14H22FNO. The number of hydrogen-bond donors (Lipinski definition) is 1. The van der Waals surface area contributed by atoms with Crippen molar-refractivity contribution in [3.05, 3.63) is 29.6 Å². The summed E-state index contributed by atoms with van der Waals surface area (Å²) in [4.78, 5) is 0. The molecule has 2 nitrogen and oxygen atoms in total. The van der Waals surface area contributed by atoms with E-state index in [-0.39, 0.29) is 5.82 Å². The summed E-state index contributed by atoms with van der Waals surface area (Å²) in [7, 11) is 1.62. The van der Waals surface area contributed by atoms with Crippen molar-refractivity contribution < 1.29 is 9.13 Å². The van der Waals surface area contributed by atoms with Gasteiger partial charge >= 0.3 is 0 Å². The minimum absolute atomic E-state index is 0.197. The van der Waals surface area contributed by atoms with Crippen molar-refractivity contribution in [1.29, 1.82) is 0 Å². The first-order valence-corrected chi connectivity index (χ1v) is 6.27. The van der Waals surface area contributed by atoms with Crippen LogP contribution in [0, 0.1) is 5.82 Å². The van der Waals surface area contributed by atoms with Crippen LogP contribution in [-0.2, 0) is 6.42 Å². The molecule has 96 valence electrons. The van der Waals surface area contributed by atoms with E-state index in [0.717, 1.165) is 37.1 Å². The van der Waals surface area contributed by atoms with Crippen LogP contribution in [0.15, 0.2) is 18.2 Å². The van der Waals surface area contributed by atoms with Crippen molar-refractivity contribution >= 4 is 0 Å². The zero-order chi connectivity index (χ0) is 12.7. The van der Waals surface area contributed by atoms with Gasteiger partial charge < -0.3 is 10.1 Å². The zero-order valence-corrected chi connectivity index (χ0v) is 10.9. The van der Waals surface area contributed by atoms with Gasteiger partial charge in [0.25, 0.3) is 0 Å². The molecule has 17 heavy (non-hydrogen) atoms. The molecule has 0 aromatic heterocycles. The van der Waals surface area contributed by atoms with Crippen LogP contribution in [0.2, 0.25) is 0 Å². The number of methoxy groups -OCH3 is 1. The van der Waals surface area contributed by atoms with Gasteiger partial charge in [-0.15, -0.1) is 0 Å². The topological polar surface area (TPSA) is 21.3 Å². The first-order chi connectivity index (χ1) is 8.21. The molecule has 0 spiro atoms. The van der Waals surface area contributed by atoms with Gasteiger partial charge in [-0.3, -0.25) is 0 Å². The minimum Gasteiger partial charge on any atom is -0.496 e. The minimum atomic E-state index is -0.197. The van der Waals surface area contributed by atoms with Gasteiger partial charge in [0.2, 0.25) is 0 Å². The highest BCUT2D eigenvalue weighted by molar-refractivity contribution is 5.34. The van der Waals surface area contributed by atoms with Gasteiger partial charge in [-0.25, -0.2) is 4.39 Å². The Morgan fingerprint density at radius 3 is 2.71 bits per heavy atom. The van der Waals surface area contributed by atoms with E-state index in [2.05, 4.69) is 19.2 Å². The van der Waals surface area contributed by atoms with Crippen LogP contribution in [0.4, 0.5) is 4.39 Å². The molecule has 0 aliphatic heterocycles. The number of nitrogens with one attached hydrogen (secondary N) is 1. The highest BCUT2D eigenvalue weighted by Gasteiger charge is 2.08. The van der Waals surface area contributed by atoms with E-state index in [0.29, 0.717) is 6.04 Å². The van der Waals surface area contributed by atoms with Gasteiger partial charge in [-0.05, 0) is 49.6 Å². The molecular weight excluding hydrogens is 217 g/mol. The van der Waals surface area contributed by atoms with Crippen molar-refractivity contribution in [1.82, 2.24) is 5.32 Å². The quantitative estimate of drug-likeness (QED) is 0.789. The van der Waals surface area contributed by atoms with E-state index >= 15 is 0 Å². The van der Waals surface area contributed by atoms with Crippen molar-refractivity contribution in [2.24, 2.45) is 0 Å². The molecule has 1 atom stereocenters. The smallest absolute Gasteiger partial charge is 0.123 e. The first kappa shape index (κ1) is 14.0. The molecule has 0 aliphatic carbocycles. The second-order valence-electron chi connectivity index (χ2n) is 4.16. The number of hydrogen-bond acceptors (Lipinski definition) is 2. The molecule has 0 amide bonds. The fourth-order valence-electron chi connectivity index (χ4n) is 2.01. The second kappa shape index (κ2) is 7.28. The van der Waals surface area contributed by atoms with Crippen LogP contribution in [0.5, 0.6) is 5.75 Å². The van der Waals surface area contributed by atoms with Gasteiger partial charge in [0.05, 0.1) is 7.11 Å². The molecule has 1 aromatic carbocycles. The maximum absolute atomic E-state index is 13.2. The molecule has 0 heterocycles. The highest BCUT2D eigenvalue weighted by atomic mass is 19.1. The summed E-state index contributed by atoms with van der Waals surface area (Å²) in [5.74, 6) is 0.579. The normalized spacial score (nSPS) is 12.5. The highest BCUT2D eigenvalue weighted by Crippen LogP contribution is 2.21. The lowest BCUT2D eigenvalue weighted by atomic mass is 10.0. The molecule has 3 heteroatoms. The summed E-state index contributed by atoms with van der Waals surface area (Å²) in [5, 5.41) is 3.42. The van der Waals surface area contributed by atoms with E-state index in [1.807, 2.05) is 0 Å². The largest absolute Gasteiger partial charge is 0.496 e. The predicted octanol–water partition coefficient (Wildman–Crippen LogP) is 3.16. The van der Waals surface area contributed by atoms with Crippen LogP contribution in [0.25, 0.3) is 0 Å². The van der Waals surface area contributed by atoms with Crippen molar-refractivity contribution in [3.8, 4) is 5.75 Å². The lowest BCUT2D eigenvalue weighted by Crippen LogP contribution is -2.28. The van der Waals surface area contributed by atoms with Crippen LogP contribution in [0.1, 0.15) is 32.3 Å². The summed E-state index contributed by atoms with van der Waals surface area (Å²) in [5.41, 5.74) is 0.948. The van der Waals surface area contributed by atoms with Gasteiger partial charge in [0.1, 0.15) is 11.6 Å². The maximum Gasteiger partial charge on any atom is 0.123 e. The SMILES string of the molecule is CCNC(CC)CCc1cc(F)ccc1OC. The number of rotatable bonds is 7. The first-order valence-electron chi connectivity index (χ1n) is 6.27. The Morgan fingerprint density at radius 2 is 2.12 bits per heavy atom. The third kappa shape index (κ3) is 4.35. The van der Waals surface area contributed by atoms with E-state index in [1.165, 1.54) is 6.07 Å². The fraction of sp³-hybridized carbons (Fsp3) is 0.571. The van der Waals surface area contributed by atoms with Gasteiger partial charge in [-0.2, -0.15) is 0 Å². The molecule has 0 radical (unpaired) electrons. The lowest BCUT2D eigenvalue weighted by molar-refractivity contribution is 0.404. The van der Waals surface area contributed by atoms with Crippen molar-refractivity contribution in [2.75, 3.05) is 13.7 Å². The molecule has 0 fully saturated rings. The number of ether oxygens (including phenoxy) is 1. The standard InChI is InChI=1S/C14H22FNO/c1-4-13(16-5-2)8-6-11-10-12(15)7-9-14(11)17-3/h7,9-10,13,16H,4-6,8H2,1-3H3. The van der Waals surface area contributed by atoms with E-state index in [1.54, 1.807) is 19.2 Å². The Hall–Kier alpha value is -1.09. The Labute approximate surface area is 103 Å². The van der Waals surface area contributed by atoms with E-state index in [4.69, 9.17) is 4.74 Å². The molecule has 0 bridgehead atoms. The average molecular weight is 239 g/mol. The molecule has 0 saturated heterocycles. The summed E-state index contributed by atoms with van der Waals surface area (Å²) < 4.78 is 18.4. The van der Waals surface area contributed by atoms with Gasteiger partial charge in [0.15, 0.2) is 0 Å². The van der Waals surface area contributed by atoms with Crippen LogP contribution in [0.3, 0.4) is 0 Å². The van der Waals surface area contributed by atoms with E-state index in [9.17, 15) is 4.39 Å². The molecule has 1 rings (SSSR count). The Balaban J connectivity index is 2.63. The average Bonchev–Trinajstić information content (AvgIpc) is 2.34. The molecule has 1 unspecified atom stereocenters. The number of aryl methyl sites for hydroxylation is 1. The number of benzene rings is 1. The van der Waals surface area contributed by atoms with Crippen molar-refractivity contribution in [2.45, 2.75) is 39.2 Å². The summed E-state index contributed by atoms with van der Waals surface area (Å²) in [6.45, 7) is 5.24. The zero-order valence-electron chi connectivity index (χ0n) is 10.9. The molecule has 0 aliphatic rings. The Bertz CT molecular complexity index is 341. The van der Waals surface area contributed by atoms with Crippen LogP contribution < -0.4 is 10.1 Å². The Morgan fingerprint density at radius 1 is 1.35 bits per heavy atom. The number of halogens is 1. The summed E-state index contributed by atoms with van der Waals surface area (Å²) in [6, 6.07) is 5.19. The second-order valence-corrected chi connectivity index (χ2v) is 4.16. The summed E-state index contributed by atoms with van der Waals surface area (Å²) in [6.07, 6.45) is 2.93. The maximum atomic E-state index is 13.2. The molecule has 1 aromatic rings. The summed E-state index contributed by atoms with van der Waals surface area (Å²) >= 11 is 0.